The van der Waals surface area contributed by atoms with Crippen LogP contribution < -0.4 is 10.6 Å². The summed E-state index contributed by atoms with van der Waals surface area (Å²) in [5.74, 6) is -0.292. The van der Waals surface area contributed by atoms with Crippen LogP contribution in [-0.2, 0) is 14.4 Å². The van der Waals surface area contributed by atoms with Crippen molar-refractivity contribution in [1.29, 1.82) is 0 Å². The molecule has 7 nitrogen and oxygen atoms in total. The fourth-order valence-corrected chi connectivity index (χ4v) is 6.57. The Morgan fingerprint density at radius 1 is 0.868 bits per heavy atom. The Hall–Kier alpha value is -3.19. The molecule has 3 heterocycles. The lowest BCUT2D eigenvalue weighted by molar-refractivity contribution is -0.143. The highest BCUT2D eigenvalue weighted by Gasteiger charge is 2.45. The first-order valence-corrected chi connectivity index (χ1v) is 14.3. The molecule has 0 aliphatic carbocycles. The predicted molar refractivity (Wildman–Crippen MR) is 147 cm³/mol. The van der Waals surface area contributed by atoms with Gasteiger partial charge in [-0.3, -0.25) is 19.3 Å². The zero-order valence-electron chi connectivity index (χ0n) is 22.4. The van der Waals surface area contributed by atoms with E-state index in [1.54, 1.807) is 4.90 Å². The third-order valence-corrected chi connectivity index (χ3v) is 8.53. The second-order valence-corrected chi connectivity index (χ2v) is 10.9. The number of benzene rings is 2. The summed E-state index contributed by atoms with van der Waals surface area (Å²) in [7, 11) is 0. The summed E-state index contributed by atoms with van der Waals surface area (Å²) >= 11 is 0. The van der Waals surface area contributed by atoms with Crippen molar-refractivity contribution in [2.24, 2.45) is 0 Å². The molecule has 0 spiro atoms. The van der Waals surface area contributed by atoms with Gasteiger partial charge in [-0.2, -0.15) is 0 Å². The molecule has 0 radical (unpaired) electrons. The number of fused-ring (bicyclic) bond motifs is 1. The van der Waals surface area contributed by atoms with Crippen LogP contribution in [0.2, 0.25) is 0 Å². The normalized spacial score (nSPS) is 24.6. The second kappa shape index (κ2) is 12.1. The molecular formula is C31H40N4O3. The highest BCUT2D eigenvalue weighted by Crippen LogP contribution is 2.33. The van der Waals surface area contributed by atoms with Crippen LogP contribution in [0, 0.1) is 0 Å². The Kier molecular flexibility index (Phi) is 8.42. The summed E-state index contributed by atoms with van der Waals surface area (Å²) in [5.41, 5.74) is 2.00. The molecule has 3 aliphatic rings. The first-order valence-electron chi connectivity index (χ1n) is 14.3. The molecule has 5 rings (SSSR count). The standard InChI is InChI=1S/C31H40N4O3/c1-2-26(34-20-9-10-21-34)29(36)32-25-17-11-16-24-18-19-27(35(24)31(25)38)30(37)33-28(22-12-5-3-6-13-22)23-14-7-4-8-15-23/h3-8,12-15,24-28H,2,9-11,16-21H2,1H3,(H,32,36)(H,33,37)/t24-,25-,26-,27-/m0/s1. The van der Waals surface area contributed by atoms with Gasteiger partial charge in [0.25, 0.3) is 0 Å². The van der Waals surface area contributed by atoms with E-state index in [9.17, 15) is 14.4 Å². The SMILES string of the molecule is CC[C@@H](C(=O)N[C@H]1CCC[C@H]2CC[C@@H](C(=O)NC(c3ccccc3)c3ccccc3)N2C1=O)N1CCCC1. The number of carbonyl (C=O) groups is 3. The van der Waals surface area contributed by atoms with Gasteiger partial charge in [0.05, 0.1) is 12.1 Å². The number of hydrogen-bond donors (Lipinski definition) is 2. The molecule has 4 atom stereocenters. The number of hydrogen-bond acceptors (Lipinski definition) is 4. The molecule has 3 amide bonds. The zero-order chi connectivity index (χ0) is 26.5. The molecule has 2 N–H and O–H groups in total. The van der Waals surface area contributed by atoms with E-state index in [1.807, 2.05) is 67.6 Å². The van der Waals surface area contributed by atoms with Gasteiger partial charge in [-0.25, -0.2) is 0 Å². The fraction of sp³-hybridized carbons (Fsp3) is 0.516. The van der Waals surface area contributed by atoms with E-state index in [-0.39, 0.29) is 35.8 Å². The summed E-state index contributed by atoms with van der Waals surface area (Å²) in [4.78, 5) is 44.9. The molecule has 7 heteroatoms. The molecule has 202 valence electrons. The van der Waals surface area contributed by atoms with Crippen molar-refractivity contribution in [3.8, 4) is 0 Å². The molecule has 2 aromatic carbocycles. The largest absolute Gasteiger partial charge is 0.343 e. The Morgan fingerprint density at radius 3 is 2.11 bits per heavy atom. The third-order valence-electron chi connectivity index (χ3n) is 8.53. The molecule has 3 fully saturated rings. The van der Waals surface area contributed by atoms with Gasteiger partial charge < -0.3 is 15.5 Å². The molecule has 0 unspecified atom stereocenters. The van der Waals surface area contributed by atoms with Gasteiger partial charge >= 0.3 is 0 Å². The van der Waals surface area contributed by atoms with Gasteiger partial charge in [0.2, 0.25) is 17.7 Å². The summed E-state index contributed by atoms with van der Waals surface area (Å²) in [6, 6.07) is 18.3. The Labute approximate surface area is 226 Å². The van der Waals surface area contributed by atoms with Crippen molar-refractivity contribution in [2.45, 2.75) is 88.5 Å². The number of carbonyl (C=O) groups excluding carboxylic acids is 3. The van der Waals surface area contributed by atoms with E-state index >= 15 is 0 Å². The lowest BCUT2D eigenvalue weighted by Crippen LogP contribution is -2.57. The summed E-state index contributed by atoms with van der Waals surface area (Å²) in [6.07, 6.45) is 6.78. The molecule has 0 saturated carbocycles. The molecule has 2 aromatic rings. The predicted octanol–water partition coefficient (Wildman–Crippen LogP) is 3.79. The lowest BCUT2D eigenvalue weighted by Gasteiger charge is -2.33. The molecule has 3 saturated heterocycles. The van der Waals surface area contributed by atoms with Crippen LogP contribution in [0.15, 0.2) is 60.7 Å². The van der Waals surface area contributed by atoms with Crippen LogP contribution in [0.5, 0.6) is 0 Å². The van der Waals surface area contributed by atoms with E-state index in [2.05, 4.69) is 15.5 Å². The van der Waals surface area contributed by atoms with Crippen molar-refractivity contribution in [1.82, 2.24) is 20.4 Å². The fourth-order valence-electron chi connectivity index (χ4n) is 6.57. The second-order valence-electron chi connectivity index (χ2n) is 10.9. The molecule has 0 bridgehead atoms. The van der Waals surface area contributed by atoms with Gasteiger partial charge in [0.1, 0.15) is 12.1 Å². The highest BCUT2D eigenvalue weighted by atomic mass is 16.2. The van der Waals surface area contributed by atoms with Crippen LogP contribution in [0.25, 0.3) is 0 Å². The lowest BCUT2D eigenvalue weighted by atomic mass is 9.98. The van der Waals surface area contributed by atoms with Crippen LogP contribution in [0.4, 0.5) is 0 Å². The van der Waals surface area contributed by atoms with E-state index in [0.29, 0.717) is 12.8 Å². The van der Waals surface area contributed by atoms with Crippen molar-refractivity contribution >= 4 is 17.7 Å². The van der Waals surface area contributed by atoms with Gasteiger partial charge in [-0.05, 0) is 75.6 Å². The van der Waals surface area contributed by atoms with Crippen LogP contribution in [0.3, 0.4) is 0 Å². The van der Waals surface area contributed by atoms with Crippen molar-refractivity contribution in [3.63, 3.8) is 0 Å². The third kappa shape index (κ3) is 5.63. The maximum absolute atomic E-state index is 13.9. The van der Waals surface area contributed by atoms with Gasteiger partial charge in [0.15, 0.2) is 0 Å². The van der Waals surface area contributed by atoms with Crippen molar-refractivity contribution < 1.29 is 14.4 Å². The first kappa shape index (κ1) is 26.4. The molecular weight excluding hydrogens is 476 g/mol. The van der Waals surface area contributed by atoms with E-state index < -0.39 is 12.1 Å². The minimum absolute atomic E-state index is 0.0487. The first-order chi connectivity index (χ1) is 18.6. The number of nitrogens with zero attached hydrogens (tertiary/aromatic N) is 2. The maximum atomic E-state index is 13.9. The minimum atomic E-state index is -0.573. The number of amides is 3. The number of likely N-dealkylation sites (tertiary alicyclic amines) is 1. The van der Waals surface area contributed by atoms with Gasteiger partial charge in [0, 0.05) is 6.04 Å². The number of nitrogens with one attached hydrogen (secondary N) is 2. The summed E-state index contributed by atoms with van der Waals surface area (Å²) in [6.45, 7) is 3.90. The molecule has 3 aliphatic heterocycles. The van der Waals surface area contributed by atoms with Crippen LogP contribution >= 0.6 is 0 Å². The highest BCUT2D eigenvalue weighted by molar-refractivity contribution is 5.94. The Morgan fingerprint density at radius 2 is 1.50 bits per heavy atom. The Balaban J connectivity index is 1.32. The van der Waals surface area contributed by atoms with Crippen LogP contribution in [-0.4, -0.2) is 64.8 Å². The smallest absolute Gasteiger partial charge is 0.246 e. The quantitative estimate of drug-likeness (QED) is 0.559. The van der Waals surface area contributed by atoms with Crippen molar-refractivity contribution in [3.05, 3.63) is 71.8 Å². The Bertz CT molecular complexity index is 1060. The molecule has 38 heavy (non-hydrogen) atoms. The van der Waals surface area contributed by atoms with Gasteiger partial charge in [-0.1, -0.05) is 67.6 Å². The zero-order valence-corrected chi connectivity index (χ0v) is 22.4. The molecule has 0 aromatic heterocycles. The average molecular weight is 517 g/mol. The number of rotatable bonds is 8. The van der Waals surface area contributed by atoms with E-state index in [0.717, 1.165) is 62.7 Å². The van der Waals surface area contributed by atoms with Gasteiger partial charge in [-0.15, -0.1) is 0 Å². The minimum Gasteiger partial charge on any atom is -0.343 e. The van der Waals surface area contributed by atoms with E-state index in [4.69, 9.17) is 0 Å². The van der Waals surface area contributed by atoms with Crippen LogP contribution in [0.1, 0.15) is 75.5 Å². The topological polar surface area (TPSA) is 81.8 Å². The average Bonchev–Trinajstić information content (AvgIpc) is 3.60. The van der Waals surface area contributed by atoms with Crippen molar-refractivity contribution in [2.75, 3.05) is 13.1 Å². The summed E-state index contributed by atoms with van der Waals surface area (Å²) < 4.78 is 0. The summed E-state index contributed by atoms with van der Waals surface area (Å²) in [5, 5.41) is 6.36. The van der Waals surface area contributed by atoms with E-state index in [1.165, 1.54) is 0 Å². The monoisotopic (exact) mass is 516 g/mol. The maximum Gasteiger partial charge on any atom is 0.246 e.